The van der Waals surface area contributed by atoms with E-state index in [2.05, 4.69) is 4.72 Å². The van der Waals surface area contributed by atoms with Gasteiger partial charge < -0.3 is 4.74 Å². The van der Waals surface area contributed by atoms with Crippen LogP contribution in [0.25, 0.3) is 0 Å². The van der Waals surface area contributed by atoms with Crippen molar-refractivity contribution in [2.45, 2.75) is 17.7 Å². The van der Waals surface area contributed by atoms with Gasteiger partial charge in [0.2, 0.25) is 10.0 Å². The van der Waals surface area contributed by atoms with Crippen molar-refractivity contribution >= 4 is 15.7 Å². The van der Waals surface area contributed by atoms with E-state index in [1.165, 1.54) is 19.2 Å². The Morgan fingerprint density at radius 3 is 2.30 bits per heavy atom. The van der Waals surface area contributed by atoms with E-state index in [9.17, 15) is 18.5 Å². The normalized spacial score (nSPS) is 12.3. The van der Waals surface area contributed by atoms with Crippen LogP contribution in [0.5, 0.6) is 5.75 Å². The maximum atomic E-state index is 12.8. The van der Waals surface area contributed by atoms with Gasteiger partial charge in [0.25, 0.3) is 5.69 Å². The number of nitrogens with zero attached hydrogens (tertiary/aromatic N) is 1. The van der Waals surface area contributed by atoms with Crippen molar-refractivity contribution in [3.8, 4) is 5.75 Å². The Labute approximate surface area is 175 Å². The molecule has 8 heteroatoms. The molecule has 0 unspecified atom stereocenters. The number of rotatable bonds is 8. The van der Waals surface area contributed by atoms with Crippen molar-refractivity contribution in [1.82, 2.24) is 4.72 Å². The maximum Gasteiger partial charge on any atom is 0.273 e. The molecule has 156 valence electrons. The number of benzene rings is 3. The smallest absolute Gasteiger partial charge is 0.273 e. The zero-order valence-corrected chi connectivity index (χ0v) is 17.4. The third kappa shape index (κ3) is 4.84. The molecule has 0 saturated carbocycles. The number of ether oxygens (including phenoxy) is 1. The number of nitro benzene ring substituents is 1. The Hall–Kier alpha value is -3.23. The van der Waals surface area contributed by atoms with Gasteiger partial charge in [-0.2, -0.15) is 0 Å². The van der Waals surface area contributed by atoms with Gasteiger partial charge in [-0.3, -0.25) is 10.1 Å². The summed E-state index contributed by atoms with van der Waals surface area (Å²) >= 11 is 0. The fraction of sp³-hybridized carbons (Fsp3) is 0.182. The van der Waals surface area contributed by atoms with E-state index < -0.39 is 20.9 Å². The van der Waals surface area contributed by atoms with Crippen LogP contribution in [0.3, 0.4) is 0 Å². The highest BCUT2D eigenvalue weighted by atomic mass is 32.2. The lowest BCUT2D eigenvalue weighted by Crippen LogP contribution is -2.29. The quantitative estimate of drug-likeness (QED) is 0.433. The Balaban J connectivity index is 1.97. The highest BCUT2D eigenvalue weighted by Crippen LogP contribution is 2.34. The first-order valence-electron chi connectivity index (χ1n) is 9.25. The van der Waals surface area contributed by atoms with Gasteiger partial charge in [-0.05, 0) is 30.7 Å². The monoisotopic (exact) mass is 426 g/mol. The van der Waals surface area contributed by atoms with Crippen molar-refractivity contribution in [2.75, 3.05) is 13.7 Å². The van der Waals surface area contributed by atoms with Crippen molar-refractivity contribution in [3.63, 3.8) is 0 Å². The molecule has 0 bridgehead atoms. The molecule has 0 aliphatic carbocycles. The summed E-state index contributed by atoms with van der Waals surface area (Å²) in [6, 6.07) is 20.3. The van der Waals surface area contributed by atoms with E-state index in [1.807, 2.05) is 37.3 Å². The molecule has 0 saturated heterocycles. The Morgan fingerprint density at radius 1 is 1.03 bits per heavy atom. The molecular weight excluding hydrogens is 404 g/mol. The summed E-state index contributed by atoms with van der Waals surface area (Å²) in [7, 11) is -2.30. The third-order valence-corrected chi connectivity index (χ3v) is 6.25. The van der Waals surface area contributed by atoms with Crippen LogP contribution in [0.15, 0.2) is 77.7 Å². The van der Waals surface area contributed by atoms with Crippen LogP contribution in [-0.4, -0.2) is 27.0 Å². The van der Waals surface area contributed by atoms with Crippen molar-refractivity contribution < 1.29 is 18.1 Å². The number of nitrogens with one attached hydrogen (secondary N) is 1. The first-order chi connectivity index (χ1) is 14.3. The minimum atomic E-state index is -3.73. The Kier molecular flexibility index (Phi) is 6.49. The van der Waals surface area contributed by atoms with Gasteiger partial charge in [-0.15, -0.1) is 0 Å². The average Bonchev–Trinajstić information content (AvgIpc) is 2.75. The van der Waals surface area contributed by atoms with Gasteiger partial charge in [0, 0.05) is 24.1 Å². The summed E-state index contributed by atoms with van der Waals surface area (Å²) < 4.78 is 33.6. The first-order valence-corrected chi connectivity index (χ1v) is 10.7. The fourth-order valence-electron chi connectivity index (χ4n) is 3.19. The summed E-state index contributed by atoms with van der Waals surface area (Å²) in [6.07, 6.45) is 0. The molecule has 1 atom stereocenters. The number of non-ortho nitro benzene ring substituents is 1. The van der Waals surface area contributed by atoms with E-state index in [0.29, 0.717) is 11.3 Å². The summed E-state index contributed by atoms with van der Waals surface area (Å²) in [5.74, 6) is -0.0743. The number of hydrogen-bond donors (Lipinski definition) is 1. The Bertz CT molecular complexity index is 1130. The highest BCUT2D eigenvalue weighted by Gasteiger charge is 2.23. The molecule has 0 aliphatic heterocycles. The summed E-state index contributed by atoms with van der Waals surface area (Å²) in [6.45, 7) is 1.95. The van der Waals surface area contributed by atoms with Crippen molar-refractivity contribution in [3.05, 3.63) is 99.6 Å². The summed E-state index contributed by atoms with van der Waals surface area (Å²) in [4.78, 5) is 10.8. The third-order valence-electron chi connectivity index (χ3n) is 4.81. The second kappa shape index (κ2) is 9.06. The van der Waals surface area contributed by atoms with Crippen LogP contribution >= 0.6 is 0 Å². The lowest BCUT2D eigenvalue weighted by molar-refractivity contribution is -0.384. The Morgan fingerprint density at radius 2 is 1.70 bits per heavy atom. The number of methoxy groups -OCH3 is 1. The standard InChI is InChI=1S/C22H22N2O5S/c1-16-8-11-19(12-9-16)30(27,28)23-15-21(17-6-4-3-5-7-17)20-13-10-18(24(25)26)14-22(20)29-2/h3-14,21,23H,15H2,1-2H3/t21-/m1/s1. The molecule has 0 aliphatic rings. The van der Waals surface area contributed by atoms with Gasteiger partial charge in [0.15, 0.2) is 0 Å². The van der Waals surface area contributed by atoms with Crippen LogP contribution in [-0.2, 0) is 10.0 Å². The van der Waals surface area contributed by atoms with Crippen LogP contribution in [0.4, 0.5) is 5.69 Å². The van der Waals surface area contributed by atoms with Gasteiger partial charge in [-0.25, -0.2) is 13.1 Å². The number of aryl methyl sites for hydroxylation is 1. The van der Waals surface area contributed by atoms with Gasteiger partial charge in [0.1, 0.15) is 5.75 Å². The van der Waals surface area contributed by atoms with Crippen LogP contribution < -0.4 is 9.46 Å². The predicted molar refractivity (Wildman–Crippen MR) is 114 cm³/mol. The second-order valence-electron chi connectivity index (χ2n) is 6.81. The molecule has 0 radical (unpaired) electrons. The molecule has 0 fully saturated rings. The largest absolute Gasteiger partial charge is 0.496 e. The van der Waals surface area contributed by atoms with E-state index in [1.54, 1.807) is 30.3 Å². The highest BCUT2D eigenvalue weighted by molar-refractivity contribution is 7.89. The molecule has 3 rings (SSSR count). The molecule has 0 aromatic heterocycles. The summed E-state index contributed by atoms with van der Waals surface area (Å²) in [5, 5.41) is 11.1. The van der Waals surface area contributed by atoms with Gasteiger partial charge >= 0.3 is 0 Å². The van der Waals surface area contributed by atoms with E-state index in [-0.39, 0.29) is 17.1 Å². The van der Waals surface area contributed by atoms with E-state index in [0.717, 1.165) is 11.1 Å². The topological polar surface area (TPSA) is 98.5 Å². The number of nitro groups is 1. The fourth-order valence-corrected chi connectivity index (χ4v) is 4.23. The van der Waals surface area contributed by atoms with Crippen LogP contribution in [0.1, 0.15) is 22.6 Å². The molecule has 0 heterocycles. The maximum absolute atomic E-state index is 12.8. The molecule has 7 nitrogen and oxygen atoms in total. The van der Waals surface area contributed by atoms with Gasteiger partial charge in [0.05, 0.1) is 23.0 Å². The molecule has 0 spiro atoms. The minimum Gasteiger partial charge on any atom is -0.496 e. The van der Waals surface area contributed by atoms with E-state index >= 15 is 0 Å². The molecule has 0 amide bonds. The first kappa shape index (κ1) is 21.5. The molecule has 3 aromatic carbocycles. The van der Waals surface area contributed by atoms with Gasteiger partial charge in [-0.1, -0.05) is 48.0 Å². The zero-order valence-electron chi connectivity index (χ0n) is 16.6. The molecular formula is C22H22N2O5S. The lowest BCUT2D eigenvalue weighted by Gasteiger charge is -2.21. The lowest BCUT2D eigenvalue weighted by atomic mass is 9.90. The SMILES string of the molecule is COc1cc([N+](=O)[O-])ccc1[C@H](CNS(=O)(=O)c1ccc(C)cc1)c1ccccc1. The van der Waals surface area contributed by atoms with E-state index in [4.69, 9.17) is 4.74 Å². The summed E-state index contributed by atoms with van der Waals surface area (Å²) in [5.41, 5.74) is 2.38. The van der Waals surface area contributed by atoms with Crippen LogP contribution in [0.2, 0.25) is 0 Å². The molecule has 1 N–H and O–H groups in total. The van der Waals surface area contributed by atoms with Crippen LogP contribution in [0, 0.1) is 17.0 Å². The minimum absolute atomic E-state index is 0.0639. The predicted octanol–water partition coefficient (Wildman–Crippen LogP) is 4.02. The van der Waals surface area contributed by atoms with Crippen molar-refractivity contribution in [2.24, 2.45) is 0 Å². The van der Waals surface area contributed by atoms with Crippen molar-refractivity contribution in [1.29, 1.82) is 0 Å². The molecule has 30 heavy (non-hydrogen) atoms. The zero-order chi connectivity index (χ0) is 21.7. The number of hydrogen-bond acceptors (Lipinski definition) is 5. The number of sulfonamides is 1. The second-order valence-corrected chi connectivity index (χ2v) is 8.58. The molecule has 3 aromatic rings. The average molecular weight is 426 g/mol.